The first kappa shape index (κ1) is 14.9. The van der Waals surface area contributed by atoms with Crippen molar-refractivity contribution >= 4 is 9.84 Å². The van der Waals surface area contributed by atoms with Gasteiger partial charge in [0.2, 0.25) is 0 Å². The van der Waals surface area contributed by atoms with Crippen LogP contribution in [-0.4, -0.2) is 31.6 Å². The highest BCUT2D eigenvalue weighted by molar-refractivity contribution is 7.91. The van der Waals surface area contributed by atoms with Crippen molar-refractivity contribution in [3.8, 4) is 5.75 Å². The number of aliphatic hydroxyl groups excluding tert-OH is 1. The number of aliphatic hydroxyl groups is 1. The average molecular weight is 276 g/mol. The van der Waals surface area contributed by atoms with E-state index in [-0.39, 0.29) is 24.7 Å². The summed E-state index contributed by atoms with van der Waals surface area (Å²) in [6.07, 6.45) is 0.373. The van der Waals surface area contributed by atoms with Gasteiger partial charge >= 0.3 is 0 Å². The Bertz CT molecular complexity index is 485. The van der Waals surface area contributed by atoms with Gasteiger partial charge in [0.05, 0.1) is 19.0 Å². The summed E-state index contributed by atoms with van der Waals surface area (Å²) in [6.45, 7) is 1.50. The van der Waals surface area contributed by atoms with E-state index in [1.807, 2.05) is 0 Å². The molecule has 0 unspecified atom stereocenters. The molecule has 4 nitrogen and oxygen atoms in total. The van der Waals surface area contributed by atoms with Gasteiger partial charge < -0.3 is 9.84 Å². The summed E-state index contributed by atoms with van der Waals surface area (Å²) >= 11 is 0. The van der Waals surface area contributed by atoms with Crippen molar-refractivity contribution in [3.05, 3.63) is 29.6 Å². The van der Waals surface area contributed by atoms with Crippen LogP contribution in [0.4, 0.5) is 4.39 Å². The lowest BCUT2D eigenvalue weighted by atomic mass is 10.2. The Balaban J connectivity index is 2.49. The third-order valence-corrected chi connectivity index (χ3v) is 4.28. The zero-order valence-corrected chi connectivity index (χ0v) is 11.0. The minimum Gasteiger partial charge on any atom is -0.493 e. The van der Waals surface area contributed by atoms with Gasteiger partial charge in [0.25, 0.3) is 0 Å². The molecule has 0 amide bonds. The van der Waals surface area contributed by atoms with Gasteiger partial charge in [0.15, 0.2) is 0 Å². The maximum Gasteiger partial charge on any atom is 0.150 e. The molecular weight excluding hydrogens is 259 g/mol. The first-order valence-electron chi connectivity index (χ1n) is 5.71. The molecule has 0 spiro atoms. The van der Waals surface area contributed by atoms with E-state index in [9.17, 15) is 12.8 Å². The fraction of sp³-hybridized carbons (Fsp3) is 0.500. The summed E-state index contributed by atoms with van der Waals surface area (Å²) in [5, 5.41) is 9.02. The number of rotatable bonds is 7. The minimum absolute atomic E-state index is 0.0686. The van der Waals surface area contributed by atoms with Gasteiger partial charge in [-0.15, -0.1) is 0 Å². The summed E-state index contributed by atoms with van der Waals surface area (Å²) in [7, 11) is -2.99. The van der Waals surface area contributed by atoms with E-state index in [0.717, 1.165) is 0 Å². The Morgan fingerprint density at radius 2 is 2.11 bits per heavy atom. The first-order chi connectivity index (χ1) is 8.48. The second kappa shape index (κ2) is 6.70. The highest BCUT2D eigenvalue weighted by Crippen LogP contribution is 2.19. The van der Waals surface area contributed by atoms with Crippen LogP contribution in [-0.2, 0) is 16.4 Å². The largest absolute Gasteiger partial charge is 0.493 e. The Morgan fingerprint density at radius 3 is 2.72 bits per heavy atom. The third-order valence-electron chi connectivity index (χ3n) is 2.49. The molecule has 0 fully saturated rings. The number of halogens is 1. The lowest BCUT2D eigenvalue weighted by Crippen LogP contribution is -2.12. The van der Waals surface area contributed by atoms with Crippen molar-refractivity contribution in [1.82, 2.24) is 0 Å². The van der Waals surface area contributed by atoms with E-state index in [2.05, 4.69) is 0 Å². The van der Waals surface area contributed by atoms with Crippen molar-refractivity contribution in [2.24, 2.45) is 0 Å². The van der Waals surface area contributed by atoms with Gasteiger partial charge in [0, 0.05) is 11.3 Å². The summed E-state index contributed by atoms with van der Waals surface area (Å²) in [5.74, 6) is 0.123. The zero-order valence-electron chi connectivity index (χ0n) is 10.2. The van der Waals surface area contributed by atoms with Gasteiger partial charge in [0.1, 0.15) is 21.4 Å². The van der Waals surface area contributed by atoms with Crippen molar-refractivity contribution in [2.75, 3.05) is 18.1 Å². The lowest BCUT2D eigenvalue weighted by Gasteiger charge is -2.10. The summed E-state index contributed by atoms with van der Waals surface area (Å²) in [5.41, 5.74) is 0.355. The van der Waals surface area contributed by atoms with Gasteiger partial charge in [-0.1, -0.05) is 6.92 Å². The predicted octanol–water partition coefficient (Wildman–Crippen LogP) is 1.52. The summed E-state index contributed by atoms with van der Waals surface area (Å²) in [6, 6.07) is 3.85. The van der Waals surface area contributed by atoms with Crippen LogP contribution in [0.3, 0.4) is 0 Å². The van der Waals surface area contributed by atoms with Crippen LogP contribution >= 0.6 is 0 Å². The van der Waals surface area contributed by atoms with E-state index >= 15 is 0 Å². The Kier molecular flexibility index (Phi) is 5.55. The molecule has 1 aromatic carbocycles. The number of sulfone groups is 1. The van der Waals surface area contributed by atoms with Crippen LogP contribution in [0.1, 0.15) is 18.9 Å². The second-order valence-electron chi connectivity index (χ2n) is 3.85. The quantitative estimate of drug-likeness (QED) is 0.767. The molecule has 0 aliphatic heterocycles. The maximum absolute atomic E-state index is 12.9. The Labute approximate surface area is 106 Å². The van der Waals surface area contributed by atoms with Crippen molar-refractivity contribution in [1.29, 1.82) is 0 Å². The molecule has 0 heterocycles. The van der Waals surface area contributed by atoms with E-state index in [1.54, 1.807) is 6.92 Å². The molecule has 0 atom stereocenters. The fourth-order valence-corrected chi connectivity index (χ4v) is 2.26. The van der Waals surface area contributed by atoms with Gasteiger partial charge in [-0.05, 0) is 24.6 Å². The number of hydrogen-bond acceptors (Lipinski definition) is 4. The minimum atomic E-state index is -2.99. The predicted molar refractivity (Wildman–Crippen MR) is 66.8 cm³/mol. The standard InChI is InChI=1S/C12H17FO4S/c1-2-18(15,16)7-3-6-17-12-5-4-11(13)8-10(12)9-14/h4-5,8,14H,2-3,6-7,9H2,1H3. The van der Waals surface area contributed by atoms with Crippen molar-refractivity contribution in [2.45, 2.75) is 20.0 Å². The molecule has 0 saturated heterocycles. The normalized spacial score (nSPS) is 11.5. The zero-order chi connectivity index (χ0) is 13.6. The van der Waals surface area contributed by atoms with Crippen LogP contribution in [0, 0.1) is 5.82 Å². The van der Waals surface area contributed by atoms with Gasteiger partial charge in [-0.25, -0.2) is 12.8 Å². The second-order valence-corrected chi connectivity index (χ2v) is 6.32. The molecule has 0 bridgehead atoms. The summed E-state index contributed by atoms with van der Waals surface area (Å²) < 4.78 is 40.7. The topological polar surface area (TPSA) is 63.6 Å². The number of hydrogen-bond donors (Lipinski definition) is 1. The molecule has 1 aromatic rings. The molecule has 1 N–H and O–H groups in total. The maximum atomic E-state index is 12.9. The van der Waals surface area contributed by atoms with E-state index in [1.165, 1.54) is 18.2 Å². The molecule has 0 radical (unpaired) electrons. The number of benzene rings is 1. The molecule has 0 aliphatic carbocycles. The molecule has 1 rings (SSSR count). The monoisotopic (exact) mass is 276 g/mol. The Hall–Kier alpha value is -1.14. The molecule has 102 valence electrons. The Morgan fingerprint density at radius 1 is 1.39 bits per heavy atom. The van der Waals surface area contributed by atoms with Crippen LogP contribution in [0.25, 0.3) is 0 Å². The van der Waals surface area contributed by atoms with Gasteiger partial charge in [-0.2, -0.15) is 0 Å². The van der Waals surface area contributed by atoms with Gasteiger partial charge in [-0.3, -0.25) is 0 Å². The van der Waals surface area contributed by atoms with E-state index in [4.69, 9.17) is 9.84 Å². The molecule has 0 saturated carbocycles. The van der Waals surface area contributed by atoms with E-state index < -0.39 is 15.7 Å². The molecular formula is C12H17FO4S. The lowest BCUT2D eigenvalue weighted by molar-refractivity contribution is 0.262. The molecule has 6 heteroatoms. The van der Waals surface area contributed by atoms with Crippen LogP contribution < -0.4 is 4.74 Å². The molecule has 0 aromatic heterocycles. The van der Waals surface area contributed by atoms with Crippen LogP contribution in [0.5, 0.6) is 5.75 Å². The highest BCUT2D eigenvalue weighted by Gasteiger charge is 2.08. The number of ether oxygens (including phenoxy) is 1. The average Bonchev–Trinajstić information content (AvgIpc) is 2.36. The smallest absolute Gasteiger partial charge is 0.150 e. The SMILES string of the molecule is CCS(=O)(=O)CCCOc1ccc(F)cc1CO. The van der Waals surface area contributed by atoms with E-state index in [0.29, 0.717) is 17.7 Å². The molecule has 0 aliphatic rings. The van der Waals surface area contributed by atoms with Crippen molar-refractivity contribution in [3.63, 3.8) is 0 Å². The first-order valence-corrected chi connectivity index (χ1v) is 7.53. The van der Waals surface area contributed by atoms with Crippen LogP contribution in [0.15, 0.2) is 18.2 Å². The fourth-order valence-electron chi connectivity index (χ4n) is 1.42. The third kappa shape index (κ3) is 4.62. The van der Waals surface area contributed by atoms with Crippen LogP contribution in [0.2, 0.25) is 0 Å². The summed E-state index contributed by atoms with van der Waals surface area (Å²) in [4.78, 5) is 0. The van der Waals surface area contributed by atoms with Crippen molar-refractivity contribution < 1.29 is 22.7 Å². The highest BCUT2D eigenvalue weighted by atomic mass is 32.2. The molecule has 18 heavy (non-hydrogen) atoms.